The predicted octanol–water partition coefficient (Wildman–Crippen LogP) is -0.633. The molecule has 0 aliphatic carbocycles. The molecule has 1 rings (SSSR count). The summed E-state index contributed by atoms with van der Waals surface area (Å²) in [5.41, 5.74) is 5.17. The number of likely N-dealkylation sites (tertiary alicyclic amines) is 1. The average Bonchev–Trinajstić information content (AvgIpc) is 2.59. The lowest BCUT2D eigenvalue weighted by atomic mass is 9.92. The number of nitrogens with two attached hydrogens (primary N) is 1. The molecule has 2 atom stereocenters. The Labute approximate surface area is 109 Å². The number of sulfonamides is 1. The fourth-order valence-electron chi connectivity index (χ4n) is 2.38. The minimum absolute atomic E-state index is 0.0735. The van der Waals surface area contributed by atoms with Gasteiger partial charge in [0.2, 0.25) is 15.9 Å². The fraction of sp³-hybridized carbons (Fsp3) is 0.909. The summed E-state index contributed by atoms with van der Waals surface area (Å²) in [6, 6.07) is -0.130. The summed E-state index contributed by atoms with van der Waals surface area (Å²) in [5, 5.41) is 0. The number of carbonyl (C=O) groups is 1. The van der Waals surface area contributed by atoms with Crippen molar-refractivity contribution in [1.29, 1.82) is 0 Å². The van der Waals surface area contributed by atoms with Crippen molar-refractivity contribution in [2.24, 2.45) is 17.6 Å². The van der Waals surface area contributed by atoms with Crippen LogP contribution in [0.15, 0.2) is 0 Å². The number of nitrogens with one attached hydrogen (secondary N) is 1. The van der Waals surface area contributed by atoms with Crippen LogP contribution in [0.25, 0.3) is 0 Å². The Morgan fingerprint density at radius 2 is 2.06 bits per heavy atom. The number of amides is 1. The molecule has 6 nitrogen and oxygen atoms in total. The van der Waals surface area contributed by atoms with Crippen LogP contribution in [0.1, 0.15) is 20.8 Å². The molecule has 7 heteroatoms. The number of carbonyl (C=O) groups excluding carboxylic acids is 1. The Bertz CT molecular complexity index is 394. The molecule has 1 aliphatic heterocycles. The van der Waals surface area contributed by atoms with Crippen molar-refractivity contribution in [3.8, 4) is 0 Å². The van der Waals surface area contributed by atoms with Gasteiger partial charge in [0.1, 0.15) is 0 Å². The van der Waals surface area contributed by atoms with Crippen molar-refractivity contribution in [2.45, 2.75) is 26.8 Å². The van der Waals surface area contributed by atoms with Gasteiger partial charge in [0, 0.05) is 19.1 Å². The van der Waals surface area contributed by atoms with Gasteiger partial charge < -0.3 is 5.73 Å². The molecule has 1 aliphatic rings. The van der Waals surface area contributed by atoms with Crippen LogP contribution in [0.5, 0.6) is 0 Å². The van der Waals surface area contributed by atoms with Gasteiger partial charge in [0.25, 0.3) is 0 Å². The minimum Gasteiger partial charge on any atom is -0.369 e. The molecule has 0 bridgehead atoms. The highest BCUT2D eigenvalue weighted by atomic mass is 32.2. The van der Waals surface area contributed by atoms with E-state index >= 15 is 0 Å². The summed E-state index contributed by atoms with van der Waals surface area (Å²) >= 11 is 0. The Morgan fingerprint density at radius 1 is 1.44 bits per heavy atom. The molecule has 1 heterocycles. The number of hydrogen-bond acceptors (Lipinski definition) is 4. The molecule has 0 aromatic rings. The van der Waals surface area contributed by atoms with Gasteiger partial charge in [0.15, 0.2) is 0 Å². The number of rotatable bonds is 6. The third kappa shape index (κ3) is 4.22. The SMILES string of the molecule is CCS(=O)(=O)N[C@@H]1CN(CC(N)=O)C[C@H]1C(C)C. The van der Waals surface area contributed by atoms with Crippen molar-refractivity contribution < 1.29 is 13.2 Å². The van der Waals surface area contributed by atoms with Gasteiger partial charge in [-0.2, -0.15) is 0 Å². The van der Waals surface area contributed by atoms with Gasteiger partial charge in [-0.1, -0.05) is 13.8 Å². The molecule has 1 amide bonds. The van der Waals surface area contributed by atoms with Crippen molar-refractivity contribution in [3.63, 3.8) is 0 Å². The summed E-state index contributed by atoms with van der Waals surface area (Å²) in [5.74, 6) is 0.263. The summed E-state index contributed by atoms with van der Waals surface area (Å²) in [6.07, 6.45) is 0. The number of primary amides is 1. The van der Waals surface area contributed by atoms with Crippen molar-refractivity contribution >= 4 is 15.9 Å². The van der Waals surface area contributed by atoms with Crippen LogP contribution in [0.2, 0.25) is 0 Å². The van der Waals surface area contributed by atoms with Gasteiger partial charge >= 0.3 is 0 Å². The van der Waals surface area contributed by atoms with E-state index in [4.69, 9.17) is 5.73 Å². The second-order valence-electron chi connectivity index (χ2n) is 5.20. The molecular weight excluding hydrogens is 254 g/mol. The van der Waals surface area contributed by atoms with Gasteiger partial charge in [-0.05, 0) is 18.8 Å². The standard InChI is InChI=1S/C11H23N3O3S/c1-4-18(16,17)13-10-6-14(7-11(12)15)5-9(10)8(2)3/h8-10,13H,4-7H2,1-3H3,(H2,12,15)/t9-,10+/m0/s1. The third-order valence-electron chi connectivity index (χ3n) is 3.39. The fourth-order valence-corrected chi connectivity index (χ4v) is 3.25. The quantitative estimate of drug-likeness (QED) is 0.676. The van der Waals surface area contributed by atoms with Crippen LogP contribution >= 0.6 is 0 Å². The maximum absolute atomic E-state index is 11.6. The monoisotopic (exact) mass is 277 g/mol. The molecular formula is C11H23N3O3S. The highest BCUT2D eigenvalue weighted by Gasteiger charge is 2.36. The van der Waals surface area contributed by atoms with Crippen LogP contribution in [0, 0.1) is 11.8 Å². The summed E-state index contributed by atoms with van der Waals surface area (Å²) in [4.78, 5) is 12.8. The van der Waals surface area contributed by atoms with Crippen LogP contribution in [0.3, 0.4) is 0 Å². The van der Waals surface area contributed by atoms with Crippen molar-refractivity contribution in [2.75, 3.05) is 25.4 Å². The zero-order valence-electron chi connectivity index (χ0n) is 11.2. The smallest absolute Gasteiger partial charge is 0.231 e. The van der Waals surface area contributed by atoms with E-state index in [1.54, 1.807) is 6.92 Å². The molecule has 106 valence electrons. The van der Waals surface area contributed by atoms with Crippen LogP contribution in [0.4, 0.5) is 0 Å². The van der Waals surface area contributed by atoms with Crippen LogP contribution < -0.4 is 10.5 Å². The Balaban J connectivity index is 2.72. The summed E-state index contributed by atoms with van der Waals surface area (Å²) in [6.45, 7) is 7.18. The molecule has 0 saturated carbocycles. The zero-order valence-corrected chi connectivity index (χ0v) is 12.0. The van der Waals surface area contributed by atoms with Gasteiger partial charge in [-0.3, -0.25) is 9.69 Å². The molecule has 3 N–H and O–H groups in total. The lowest BCUT2D eigenvalue weighted by Gasteiger charge is -2.22. The minimum atomic E-state index is -3.21. The molecule has 0 radical (unpaired) electrons. The topological polar surface area (TPSA) is 92.5 Å². The molecule has 0 aromatic carbocycles. The van der Waals surface area contributed by atoms with E-state index in [0.29, 0.717) is 19.0 Å². The Morgan fingerprint density at radius 3 is 2.50 bits per heavy atom. The first-order valence-electron chi connectivity index (χ1n) is 6.25. The van der Waals surface area contributed by atoms with Gasteiger partial charge in [-0.15, -0.1) is 0 Å². The Kier molecular flexibility index (Phi) is 5.12. The first kappa shape index (κ1) is 15.4. The van der Waals surface area contributed by atoms with E-state index in [-0.39, 0.29) is 30.2 Å². The number of hydrogen-bond donors (Lipinski definition) is 2. The maximum atomic E-state index is 11.6. The van der Waals surface area contributed by atoms with Crippen molar-refractivity contribution in [1.82, 2.24) is 9.62 Å². The average molecular weight is 277 g/mol. The molecule has 1 fully saturated rings. The molecule has 0 spiro atoms. The second-order valence-corrected chi connectivity index (χ2v) is 7.24. The normalized spacial score (nSPS) is 25.8. The molecule has 0 aromatic heterocycles. The predicted molar refractivity (Wildman–Crippen MR) is 70.3 cm³/mol. The first-order valence-corrected chi connectivity index (χ1v) is 7.91. The van der Waals surface area contributed by atoms with Crippen molar-refractivity contribution in [3.05, 3.63) is 0 Å². The van der Waals surface area contributed by atoms with Gasteiger partial charge in [-0.25, -0.2) is 13.1 Å². The van der Waals surface area contributed by atoms with E-state index in [9.17, 15) is 13.2 Å². The zero-order chi connectivity index (χ0) is 13.9. The lowest BCUT2D eigenvalue weighted by Crippen LogP contribution is -2.42. The summed E-state index contributed by atoms with van der Waals surface area (Å²) in [7, 11) is -3.21. The highest BCUT2D eigenvalue weighted by Crippen LogP contribution is 2.24. The second kappa shape index (κ2) is 5.99. The molecule has 1 saturated heterocycles. The molecule has 0 unspecified atom stereocenters. The van der Waals surface area contributed by atoms with Crippen LogP contribution in [-0.2, 0) is 14.8 Å². The largest absolute Gasteiger partial charge is 0.369 e. The third-order valence-corrected chi connectivity index (χ3v) is 4.81. The Hall–Kier alpha value is -0.660. The first-order chi connectivity index (χ1) is 8.25. The number of nitrogens with zero attached hydrogens (tertiary/aromatic N) is 1. The van der Waals surface area contributed by atoms with E-state index < -0.39 is 10.0 Å². The maximum Gasteiger partial charge on any atom is 0.231 e. The van der Waals surface area contributed by atoms with Gasteiger partial charge in [0.05, 0.1) is 12.3 Å². The summed E-state index contributed by atoms with van der Waals surface area (Å²) < 4.78 is 26.0. The lowest BCUT2D eigenvalue weighted by molar-refractivity contribution is -0.118. The van der Waals surface area contributed by atoms with E-state index in [0.717, 1.165) is 0 Å². The highest BCUT2D eigenvalue weighted by molar-refractivity contribution is 7.89. The van der Waals surface area contributed by atoms with Crippen LogP contribution in [-0.4, -0.2) is 50.7 Å². The van der Waals surface area contributed by atoms with E-state index in [1.807, 2.05) is 4.90 Å². The van der Waals surface area contributed by atoms with E-state index in [2.05, 4.69) is 18.6 Å². The molecule has 18 heavy (non-hydrogen) atoms. The van der Waals surface area contributed by atoms with E-state index in [1.165, 1.54) is 0 Å².